The first-order valence-electron chi connectivity index (χ1n) is 8.11. The molecule has 0 aromatic carbocycles. The number of fused-ring (bicyclic) bond motifs is 1. The average molecular weight is 320 g/mol. The second kappa shape index (κ2) is 6.59. The third-order valence-electron chi connectivity index (χ3n) is 5.03. The maximum atomic E-state index is 13.0. The summed E-state index contributed by atoms with van der Waals surface area (Å²) < 4.78 is 44.3. The minimum absolute atomic E-state index is 0.0590. The Hall–Kier alpha value is -1.07. The van der Waals surface area contributed by atoms with Gasteiger partial charge in [0.05, 0.1) is 12.3 Å². The fourth-order valence-electron chi connectivity index (χ4n) is 3.76. The summed E-state index contributed by atoms with van der Waals surface area (Å²) in [4.78, 5) is 23.9. The molecule has 6 heteroatoms. The summed E-state index contributed by atoms with van der Waals surface area (Å²) in [5, 5.41) is 0. The second-order valence-electron chi connectivity index (χ2n) is 6.50. The number of hydrogen-bond acceptors (Lipinski definition) is 3. The molecule has 1 saturated carbocycles. The number of ether oxygens (including phenoxy) is 1. The zero-order chi connectivity index (χ0) is 16.4. The van der Waals surface area contributed by atoms with E-state index < -0.39 is 23.7 Å². The van der Waals surface area contributed by atoms with Gasteiger partial charge in [-0.2, -0.15) is 13.2 Å². The smallest absolute Gasteiger partial charge is 0.391 e. The molecule has 22 heavy (non-hydrogen) atoms. The quantitative estimate of drug-likeness (QED) is 0.661. The monoisotopic (exact) mass is 320 g/mol. The molecule has 2 rings (SSSR count). The first kappa shape index (κ1) is 17.3. The normalized spacial score (nSPS) is 29.3. The molecule has 1 saturated heterocycles. The highest BCUT2D eigenvalue weighted by Gasteiger charge is 2.56. The summed E-state index contributed by atoms with van der Waals surface area (Å²) in [5.41, 5.74) is -1.11. The lowest BCUT2D eigenvalue weighted by molar-refractivity contribution is -0.180. The summed E-state index contributed by atoms with van der Waals surface area (Å²) in [6.45, 7) is 1.85. The Balaban J connectivity index is 1.97. The number of carbonyl (C=O) groups excluding carboxylic acids is 2. The van der Waals surface area contributed by atoms with Gasteiger partial charge in [0.1, 0.15) is 0 Å². The van der Waals surface area contributed by atoms with Crippen LogP contribution in [-0.4, -0.2) is 23.5 Å². The van der Waals surface area contributed by atoms with Crippen LogP contribution in [0, 0.1) is 11.8 Å². The summed E-state index contributed by atoms with van der Waals surface area (Å²) >= 11 is 0. The van der Waals surface area contributed by atoms with Crippen molar-refractivity contribution in [1.82, 2.24) is 0 Å². The van der Waals surface area contributed by atoms with Gasteiger partial charge in [-0.1, -0.05) is 19.8 Å². The maximum absolute atomic E-state index is 13.0. The molecular weight excluding hydrogens is 297 g/mol. The average Bonchev–Trinajstić information content (AvgIpc) is 2.93. The van der Waals surface area contributed by atoms with Crippen molar-refractivity contribution >= 4 is 11.8 Å². The minimum atomic E-state index is -4.27. The van der Waals surface area contributed by atoms with E-state index in [0.29, 0.717) is 19.3 Å². The second-order valence-corrected chi connectivity index (χ2v) is 6.50. The standard InChI is InChI=1S/C16H23F3O3/c1-2-3-5-11(16(17,18)19)7-8-13(20)15-9-4-6-12(15)10-14(21)22-15/h11-12H,2-10H2,1H3/t11-,12?,15?/m1/s1. The lowest BCUT2D eigenvalue weighted by Gasteiger charge is -2.27. The molecule has 0 aromatic heterocycles. The summed E-state index contributed by atoms with van der Waals surface area (Å²) in [5.74, 6) is -2.28. The van der Waals surface area contributed by atoms with Crippen molar-refractivity contribution in [2.45, 2.75) is 76.5 Å². The molecule has 3 atom stereocenters. The number of unbranched alkanes of at least 4 members (excludes halogenated alkanes) is 1. The van der Waals surface area contributed by atoms with Gasteiger partial charge in [-0.3, -0.25) is 9.59 Å². The molecular formula is C16H23F3O3. The first-order valence-corrected chi connectivity index (χ1v) is 8.11. The number of alkyl halides is 3. The van der Waals surface area contributed by atoms with Crippen LogP contribution in [0.15, 0.2) is 0 Å². The molecule has 0 radical (unpaired) electrons. The molecule has 0 N–H and O–H groups in total. The van der Waals surface area contributed by atoms with Crippen LogP contribution >= 0.6 is 0 Å². The number of ketones is 1. The van der Waals surface area contributed by atoms with E-state index in [1.807, 2.05) is 6.92 Å². The van der Waals surface area contributed by atoms with Crippen molar-refractivity contribution in [2.24, 2.45) is 11.8 Å². The zero-order valence-corrected chi connectivity index (χ0v) is 12.9. The summed E-state index contributed by atoms with van der Waals surface area (Å²) in [7, 11) is 0. The molecule has 1 aliphatic carbocycles. The Morgan fingerprint density at radius 1 is 1.41 bits per heavy atom. The van der Waals surface area contributed by atoms with Gasteiger partial charge in [0, 0.05) is 12.3 Å². The van der Waals surface area contributed by atoms with Gasteiger partial charge in [-0.15, -0.1) is 0 Å². The van der Waals surface area contributed by atoms with Gasteiger partial charge >= 0.3 is 12.1 Å². The lowest BCUT2D eigenvalue weighted by atomic mass is 9.83. The van der Waals surface area contributed by atoms with Gasteiger partial charge < -0.3 is 4.74 Å². The van der Waals surface area contributed by atoms with Crippen molar-refractivity contribution in [3.05, 3.63) is 0 Å². The predicted octanol–water partition coefficient (Wildman–Crippen LogP) is 4.19. The topological polar surface area (TPSA) is 43.4 Å². The molecule has 3 nitrogen and oxygen atoms in total. The SMILES string of the molecule is CCCC[C@H](CCC(=O)C12CCCC1CC(=O)O2)C(F)(F)F. The molecule has 0 amide bonds. The Kier molecular flexibility index (Phi) is 5.17. The van der Waals surface area contributed by atoms with Crippen LogP contribution in [0.2, 0.25) is 0 Å². The molecule has 1 heterocycles. The van der Waals surface area contributed by atoms with E-state index in [-0.39, 0.29) is 37.4 Å². The molecule has 126 valence electrons. The minimum Gasteiger partial charge on any atom is -0.451 e. The Morgan fingerprint density at radius 2 is 2.14 bits per heavy atom. The van der Waals surface area contributed by atoms with Crippen molar-refractivity contribution in [1.29, 1.82) is 0 Å². The van der Waals surface area contributed by atoms with Crippen molar-refractivity contribution < 1.29 is 27.5 Å². The Morgan fingerprint density at radius 3 is 2.77 bits per heavy atom. The lowest BCUT2D eigenvalue weighted by Crippen LogP contribution is -2.41. The number of halogens is 3. The van der Waals surface area contributed by atoms with Crippen molar-refractivity contribution in [2.75, 3.05) is 0 Å². The van der Waals surface area contributed by atoms with E-state index in [1.165, 1.54) is 0 Å². The van der Waals surface area contributed by atoms with Gasteiger partial charge in [0.25, 0.3) is 0 Å². The van der Waals surface area contributed by atoms with E-state index in [0.717, 1.165) is 12.8 Å². The number of hydrogen-bond donors (Lipinski definition) is 0. The fourth-order valence-corrected chi connectivity index (χ4v) is 3.76. The number of esters is 1. The molecule has 0 spiro atoms. The Bertz CT molecular complexity index is 433. The molecule has 0 bridgehead atoms. The number of Topliss-reactive ketones (excluding diaryl/α,β-unsaturated/α-hetero) is 1. The maximum Gasteiger partial charge on any atom is 0.391 e. The fraction of sp³-hybridized carbons (Fsp3) is 0.875. The third kappa shape index (κ3) is 3.46. The van der Waals surface area contributed by atoms with Crippen molar-refractivity contribution in [3.63, 3.8) is 0 Å². The van der Waals surface area contributed by atoms with E-state index in [9.17, 15) is 22.8 Å². The Labute approximate surface area is 128 Å². The van der Waals surface area contributed by atoms with E-state index in [4.69, 9.17) is 4.74 Å². The summed E-state index contributed by atoms with van der Waals surface area (Å²) in [6, 6.07) is 0. The van der Waals surface area contributed by atoms with Crippen LogP contribution in [0.3, 0.4) is 0 Å². The van der Waals surface area contributed by atoms with Gasteiger partial charge in [-0.25, -0.2) is 0 Å². The number of carbonyl (C=O) groups is 2. The van der Waals surface area contributed by atoms with Crippen LogP contribution in [0.4, 0.5) is 13.2 Å². The molecule has 2 aliphatic rings. The van der Waals surface area contributed by atoms with Crippen molar-refractivity contribution in [3.8, 4) is 0 Å². The van der Waals surface area contributed by atoms with E-state index >= 15 is 0 Å². The summed E-state index contributed by atoms with van der Waals surface area (Å²) in [6.07, 6.45) is -1.13. The van der Waals surface area contributed by atoms with Crippen LogP contribution in [0.25, 0.3) is 0 Å². The van der Waals surface area contributed by atoms with Crippen LogP contribution < -0.4 is 0 Å². The highest BCUT2D eigenvalue weighted by atomic mass is 19.4. The van der Waals surface area contributed by atoms with Gasteiger partial charge in [0.15, 0.2) is 11.4 Å². The molecule has 2 fully saturated rings. The molecule has 2 unspecified atom stereocenters. The first-order chi connectivity index (χ1) is 10.3. The van der Waals surface area contributed by atoms with E-state index in [2.05, 4.69) is 0 Å². The predicted molar refractivity (Wildman–Crippen MR) is 74.1 cm³/mol. The van der Waals surface area contributed by atoms with Crippen LogP contribution in [0.1, 0.15) is 64.7 Å². The largest absolute Gasteiger partial charge is 0.451 e. The van der Waals surface area contributed by atoms with Crippen LogP contribution in [-0.2, 0) is 14.3 Å². The molecule has 1 aliphatic heterocycles. The van der Waals surface area contributed by atoms with Gasteiger partial charge in [0.2, 0.25) is 0 Å². The highest BCUT2D eigenvalue weighted by Crippen LogP contribution is 2.47. The third-order valence-corrected chi connectivity index (χ3v) is 5.03. The van der Waals surface area contributed by atoms with Gasteiger partial charge in [-0.05, 0) is 32.1 Å². The van der Waals surface area contributed by atoms with E-state index in [1.54, 1.807) is 0 Å². The number of rotatable bonds is 7. The zero-order valence-electron chi connectivity index (χ0n) is 12.9. The highest BCUT2D eigenvalue weighted by molar-refractivity contribution is 5.93. The molecule has 0 aromatic rings. The van der Waals surface area contributed by atoms with Crippen LogP contribution in [0.5, 0.6) is 0 Å².